The number of aromatic nitrogens is 3. The first kappa shape index (κ1) is 14.5. The van der Waals surface area contributed by atoms with Crippen molar-refractivity contribution in [2.24, 2.45) is 0 Å². The third kappa shape index (κ3) is 4.06. The minimum Gasteiger partial charge on any atom is -0.436 e. The zero-order valence-corrected chi connectivity index (χ0v) is 12.3. The van der Waals surface area contributed by atoms with Gasteiger partial charge in [-0.15, -0.1) is 0 Å². The molecule has 0 bridgehead atoms. The Hall–Kier alpha value is -1.88. The zero-order valence-electron chi connectivity index (χ0n) is 12.3. The highest BCUT2D eigenvalue weighted by atomic mass is 16.5. The monoisotopic (exact) mass is 274 g/mol. The van der Waals surface area contributed by atoms with E-state index in [9.17, 15) is 0 Å². The van der Waals surface area contributed by atoms with Crippen LogP contribution < -0.4 is 10.1 Å². The van der Waals surface area contributed by atoms with Gasteiger partial charge in [-0.2, -0.15) is 5.10 Å². The Morgan fingerprint density at radius 1 is 1.30 bits per heavy atom. The van der Waals surface area contributed by atoms with E-state index in [1.165, 1.54) is 0 Å². The van der Waals surface area contributed by atoms with E-state index in [-0.39, 0.29) is 0 Å². The molecule has 1 N–H and O–H groups in total. The van der Waals surface area contributed by atoms with Gasteiger partial charge in [0.2, 0.25) is 5.88 Å². The summed E-state index contributed by atoms with van der Waals surface area (Å²) in [7, 11) is 0. The minimum atomic E-state index is 0.326. The molecule has 0 aliphatic carbocycles. The van der Waals surface area contributed by atoms with Crippen LogP contribution in [0.4, 0.5) is 0 Å². The fraction of sp³-hybridized carbons (Fsp3) is 0.467. The van der Waals surface area contributed by atoms with Gasteiger partial charge < -0.3 is 10.1 Å². The highest BCUT2D eigenvalue weighted by molar-refractivity contribution is 5.24. The van der Waals surface area contributed by atoms with Crippen LogP contribution >= 0.6 is 0 Å². The maximum Gasteiger partial charge on any atom is 0.219 e. The highest BCUT2D eigenvalue weighted by Crippen LogP contribution is 2.19. The van der Waals surface area contributed by atoms with Crippen molar-refractivity contribution < 1.29 is 4.74 Å². The van der Waals surface area contributed by atoms with Crippen LogP contribution in [-0.2, 0) is 6.54 Å². The molecular weight excluding hydrogens is 252 g/mol. The van der Waals surface area contributed by atoms with Crippen molar-refractivity contribution in [1.82, 2.24) is 20.1 Å². The molecule has 0 saturated heterocycles. The van der Waals surface area contributed by atoms with E-state index in [1.54, 1.807) is 6.20 Å². The molecule has 2 aromatic rings. The molecule has 5 heteroatoms. The number of rotatable bonds is 7. The van der Waals surface area contributed by atoms with Gasteiger partial charge in [-0.25, -0.2) is 4.98 Å². The van der Waals surface area contributed by atoms with E-state index < -0.39 is 0 Å². The summed E-state index contributed by atoms with van der Waals surface area (Å²) in [5, 5.41) is 7.58. The van der Waals surface area contributed by atoms with Crippen LogP contribution in [0.15, 0.2) is 30.7 Å². The predicted octanol–water partition coefficient (Wildman–Crippen LogP) is 3.15. The maximum absolute atomic E-state index is 5.67. The number of nitrogens with zero attached hydrogens (tertiary/aromatic N) is 3. The summed E-state index contributed by atoms with van der Waals surface area (Å²) in [5.41, 5.74) is 1.16. The molecule has 0 unspecified atom stereocenters. The maximum atomic E-state index is 5.67. The molecule has 0 aliphatic heterocycles. The van der Waals surface area contributed by atoms with Crippen LogP contribution in [0.2, 0.25) is 0 Å². The van der Waals surface area contributed by atoms with Crippen molar-refractivity contribution in [2.75, 3.05) is 6.54 Å². The average Bonchev–Trinajstić information content (AvgIpc) is 2.90. The van der Waals surface area contributed by atoms with Gasteiger partial charge in [0.05, 0.1) is 12.4 Å². The molecule has 0 amide bonds. The Balaban J connectivity index is 1.92. The fourth-order valence-electron chi connectivity index (χ4n) is 1.76. The first-order chi connectivity index (χ1) is 9.69. The molecule has 0 atom stereocenters. The number of nitrogens with one attached hydrogen (secondary N) is 1. The summed E-state index contributed by atoms with van der Waals surface area (Å²) in [6, 6.07) is 4.24. The topological polar surface area (TPSA) is 52.0 Å². The second-order valence-corrected chi connectivity index (χ2v) is 5.03. The summed E-state index contributed by atoms with van der Waals surface area (Å²) in [6.07, 6.45) is 6.56. The Morgan fingerprint density at radius 2 is 2.15 bits per heavy atom. The number of pyridine rings is 1. The van der Waals surface area contributed by atoms with E-state index in [2.05, 4.69) is 36.2 Å². The summed E-state index contributed by atoms with van der Waals surface area (Å²) in [5.74, 6) is 1.30. The van der Waals surface area contributed by atoms with E-state index in [0.717, 1.165) is 25.1 Å². The van der Waals surface area contributed by atoms with Gasteiger partial charge in [-0.1, -0.05) is 13.0 Å². The van der Waals surface area contributed by atoms with Gasteiger partial charge in [0.1, 0.15) is 0 Å². The first-order valence-corrected chi connectivity index (χ1v) is 7.06. The minimum absolute atomic E-state index is 0.326. The fourth-order valence-corrected chi connectivity index (χ4v) is 1.76. The van der Waals surface area contributed by atoms with Gasteiger partial charge in [0.25, 0.3) is 0 Å². The summed E-state index contributed by atoms with van der Waals surface area (Å²) in [6.45, 7) is 8.17. The molecule has 2 heterocycles. The second kappa shape index (κ2) is 7.05. The quantitative estimate of drug-likeness (QED) is 0.788. The lowest BCUT2D eigenvalue weighted by molar-refractivity contribution is 0.458. The van der Waals surface area contributed by atoms with Crippen molar-refractivity contribution in [2.45, 2.75) is 39.8 Å². The number of hydrogen-bond acceptors (Lipinski definition) is 4. The molecule has 2 aromatic heterocycles. The van der Waals surface area contributed by atoms with Crippen LogP contribution in [0.5, 0.6) is 11.6 Å². The first-order valence-electron chi connectivity index (χ1n) is 7.06. The van der Waals surface area contributed by atoms with Crippen LogP contribution in [0, 0.1) is 0 Å². The van der Waals surface area contributed by atoms with E-state index in [1.807, 2.05) is 29.2 Å². The molecule has 0 saturated carbocycles. The van der Waals surface area contributed by atoms with Crippen molar-refractivity contribution in [3.63, 3.8) is 0 Å². The van der Waals surface area contributed by atoms with Crippen LogP contribution in [-0.4, -0.2) is 21.3 Å². The average molecular weight is 274 g/mol. The summed E-state index contributed by atoms with van der Waals surface area (Å²) < 4.78 is 7.53. The standard InChI is InChI=1S/C15H22N4O/c1-4-7-16-8-13-5-6-15(17-9-13)20-14-10-18-19(11-14)12(2)3/h5-6,9-12,16H,4,7-8H2,1-3H3. The Labute approximate surface area is 120 Å². The smallest absolute Gasteiger partial charge is 0.219 e. The molecule has 0 aliphatic rings. The van der Waals surface area contributed by atoms with Gasteiger partial charge in [0, 0.05) is 24.8 Å². The molecule has 0 fully saturated rings. The SMILES string of the molecule is CCCNCc1ccc(Oc2cnn(C(C)C)c2)nc1. The Bertz CT molecular complexity index is 519. The second-order valence-electron chi connectivity index (χ2n) is 5.03. The van der Waals surface area contributed by atoms with E-state index >= 15 is 0 Å². The summed E-state index contributed by atoms with van der Waals surface area (Å²) in [4.78, 5) is 4.31. The molecule has 0 spiro atoms. The molecule has 5 nitrogen and oxygen atoms in total. The van der Waals surface area contributed by atoms with Gasteiger partial charge >= 0.3 is 0 Å². The van der Waals surface area contributed by atoms with Crippen molar-refractivity contribution in [3.05, 3.63) is 36.3 Å². The third-order valence-corrected chi connectivity index (χ3v) is 2.88. The Kier molecular flexibility index (Phi) is 5.12. The lowest BCUT2D eigenvalue weighted by Crippen LogP contribution is -2.13. The molecule has 108 valence electrons. The number of ether oxygens (including phenoxy) is 1. The van der Waals surface area contributed by atoms with Crippen LogP contribution in [0.3, 0.4) is 0 Å². The largest absolute Gasteiger partial charge is 0.436 e. The van der Waals surface area contributed by atoms with Gasteiger partial charge in [0.15, 0.2) is 5.75 Å². The van der Waals surface area contributed by atoms with E-state index in [4.69, 9.17) is 4.74 Å². The normalized spacial score (nSPS) is 11.0. The van der Waals surface area contributed by atoms with Crippen molar-refractivity contribution >= 4 is 0 Å². The molecule has 2 rings (SSSR count). The molecular formula is C15H22N4O. The van der Waals surface area contributed by atoms with Crippen molar-refractivity contribution in [3.8, 4) is 11.6 Å². The predicted molar refractivity (Wildman–Crippen MR) is 78.9 cm³/mol. The lowest BCUT2D eigenvalue weighted by Gasteiger charge is -2.05. The Morgan fingerprint density at radius 3 is 2.75 bits per heavy atom. The number of hydrogen-bond donors (Lipinski definition) is 1. The molecule has 0 aromatic carbocycles. The third-order valence-electron chi connectivity index (χ3n) is 2.88. The highest BCUT2D eigenvalue weighted by Gasteiger charge is 2.04. The molecule has 20 heavy (non-hydrogen) atoms. The lowest BCUT2D eigenvalue weighted by atomic mass is 10.3. The van der Waals surface area contributed by atoms with Crippen molar-refractivity contribution in [1.29, 1.82) is 0 Å². The summed E-state index contributed by atoms with van der Waals surface area (Å²) >= 11 is 0. The van der Waals surface area contributed by atoms with Gasteiger partial charge in [-0.05, 0) is 32.4 Å². The van der Waals surface area contributed by atoms with Gasteiger partial charge in [-0.3, -0.25) is 4.68 Å². The zero-order chi connectivity index (χ0) is 14.4. The molecule has 0 radical (unpaired) electrons. The van der Waals surface area contributed by atoms with Crippen LogP contribution in [0.1, 0.15) is 38.8 Å². The van der Waals surface area contributed by atoms with Crippen LogP contribution in [0.25, 0.3) is 0 Å². The van der Waals surface area contributed by atoms with E-state index in [0.29, 0.717) is 17.7 Å².